The Kier molecular flexibility index (Phi) is 4.41. The largest absolute Gasteiger partial charge is 0.310 e. The Balaban J connectivity index is 2.08. The fourth-order valence-corrected chi connectivity index (χ4v) is 2.59. The van der Waals surface area contributed by atoms with Crippen LogP contribution in [0.15, 0.2) is 30.3 Å². The molecule has 1 fully saturated rings. The van der Waals surface area contributed by atoms with E-state index < -0.39 is 0 Å². The summed E-state index contributed by atoms with van der Waals surface area (Å²) in [6.45, 7) is 10.2. The Morgan fingerprint density at radius 2 is 1.72 bits per heavy atom. The molecule has 18 heavy (non-hydrogen) atoms. The monoisotopic (exact) mass is 246 g/mol. The molecular formula is C16H26N2. The summed E-state index contributed by atoms with van der Waals surface area (Å²) in [5.74, 6) is 0. The van der Waals surface area contributed by atoms with E-state index in [1.54, 1.807) is 0 Å². The molecule has 1 unspecified atom stereocenters. The van der Waals surface area contributed by atoms with Crippen molar-refractivity contribution in [2.75, 3.05) is 19.6 Å². The lowest BCUT2D eigenvalue weighted by Gasteiger charge is -2.31. The molecule has 100 valence electrons. The SMILES string of the molecule is CC(C)(C)NCC(c1ccccc1)N1CCCC1. The summed E-state index contributed by atoms with van der Waals surface area (Å²) in [7, 11) is 0. The van der Waals surface area contributed by atoms with Gasteiger partial charge in [0.2, 0.25) is 0 Å². The van der Waals surface area contributed by atoms with Crippen LogP contribution in [0.4, 0.5) is 0 Å². The van der Waals surface area contributed by atoms with Gasteiger partial charge in [0.05, 0.1) is 0 Å². The first-order chi connectivity index (χ1) is 8.56. The number of rotatable bonds is 4. The summed E-state index contributed by atoms with van der Waals surface area (Å²) >= 11 is 0. The molecule has 1 aromatic rings. The van der Waals surface area contributed by atoms with Crippen molar-refractivity contribution >= 4 is 0 Å². The van der Waals surface area contributed by atoms with Crippen LogP contribution in [0, 0.1) is 0 Å². The number of likely N-dealkylation sites (tertiary alicyclic amines) is 1. The molecule has 0 aliphatic carbocycles. The third kappa shape index (κ3) is 3.82. The first-order valence-electron chi connectivity index (χ1n) is 7.10. The molecule has 0 radical (unpaired) electrons. The average molecular weight is 246 g/mol. The van der Waals surface area contributed by atoms with E-state index in [-0.39, 0.29) is 5.54 Å². The first kappa shape index (κ1) is 13.6. The smallest absolute Gasteiger partial charge is 0.0472 e. The standard InChI is InChI=1S/C16H26N2/c1-16(2,3)17-13-15(18-11-7-8-12-18)14-9-5-4-6-10-14/h4-6,9-10,15,17H,7-8,11-13H2,1-3H3. The van der Waals surface area contributed by atoms with E-state index in [1.165, 1.54) is 31.5 Å². The number of nitrogens with one attached hydrogen (secondary N) is 1. The van der Waals surface area contributed by atoms with Crippen LogP contribution in [0.5, 0.6) is 0 Å². The van der Waals surface area contributed by atoms with Gasteiger partial charge in [0.1, 0.15) is 0 Å². The first-order valence-corrected chi connectivity index (χ1v) is 7.10. The van der Waals surface area contributed by atoms with Gasteiger partial charge in [-0.15, -0.1) is 0 Å². The van der Waals surface area contributed by atoms with Gasteiger partial charge in [-0.2, -0.15) is 0 Å². The van der Waals surface area contributed by atoms with Gasteiger partial charge in [-0.05, 0) is 52.3 Å². The van der Waals surface area contributed by atoms with Crippen LogP contribution in [0.3, 0.4) is 0 Å². The van der Waals surface area contributed by atoms with Gasteiger partial charge < -0.3 is 5.32 Å². The molecule has 1 aliphatic heterocycles. The summed E-state index contributed by atoms with van der Waals surface area (Å²) in [6, 6.07) is 11.4. The Morgan fingerprint density at radius 1 is 1.11 bits per heavy atom. The second-order valence-corrected chi connectivity index (χ2v) is 6.30. The van der Waals surface area contributed by atoms with E-state index in [1.807, 2.05) is 0 Å². The van der Waals surface area contributed by atoms with Gasteiger partial charge in [-0.1, -0.05) is 30.3 Å². The van der Waals surface area contributed by atoms with Crippen molar-refractivity contribution in [2.45, 2.75) is 45.2 Å². The van der Waals surface area contributed by atoms with Gasteiger partial charge >= 0.3 is 0 Å². The summed E-state index contributed by atoms with van der Waals surface area (Å²) < 4.78 is 0. The minimum atomic E-state index is 0.187. The highest BCUT2D eigenvalue weighted by Gasteiger charge is 2.24. The van der Waals surface area contributed by atoms with E-state index in [0.29, 0.717) is 6.04 Å². The van der Waals surface area contributed by atoms with Crippen molar-refractivity contribution in [2.24, 2.45) is 0 Å². The fraction of sp³-hybridized carbons (Fsp3) is 0.625. The summed E-state index contributed by atoms with van der Waals surface area (Å²) in [4.78, 5) is 2.62. The zero-order valence-corrected chi connectivity index (χ0v) is 11.9. The summed E-state index contributed by atoms with van der Waals surface area (Å²) in [5, 5.41) is 3.66. The second-order valence-electron chi connectivity index (χ2n) is 6.30. The van der Waals surface area contributed by atoms with Gasteiger partial charge in [-0.25, -0.2) is 0 Å². The summed E-state index contributed by atoms with van der Waals surface area (Å²) in [5.41, 5.74) is 1.63. The molecule has 0 amide bonds. The highest BCUT2D eigenvalue weighted by atomic mass is 15.2. The highest BCUT2D eigenvalue weighted by Crippen LogP contribution is 2.24. The topological polar surface area (TPSA) is 15.3 Å². The Bertz CT molecular complexity index is 347. The van der Waals surface area contributed by atoms with Gasteiger partial charge in [-0.3, -0.25) is 4.90 Å². The lowest BCUT2D eigenvalue weighted by atomic mass is 10.0. The zero-order chi connectivity index (χ0) is 13.0. The minimum Gasteiger partial charge on any atom is -0.310 e. The number of benzene rings is 1. The van der Waals surface area contributed by atoms with E-state index >= 15 is 0 Å². The number of hydrogen-bond acceptors (Lipinski definition) is 2. The van der Waals surface area contributed by atoms with Crippen LogP contribution in [0.25, 0.3) is 0 Å². The van der Waals surface area contributed by atoms with Gasteiger partial charge in [0.15, 0.2) is 0 Å². The molecule has 2 rings (SSSR count). The average Bonchev–Trinajstić information content (AvgIpc) is 2.83. The van der Waals surface area contributed by atoms with Crippen molar-refractivity contribution in [3.8, 4) is 0 Å². The van der Waals surface area contributed by atoms with E-state index in [0.717, 1.165) is 6.54 Å². The van der Waals surface area contributed by atoms with Crippen LogP contribution in [0.1, 0.15) is 45.2 Å². The van der Waals surface area contributed by atoms with Crippen LogP contribution in [0.2, 0.25) is 0 Å². The van der Waals surface area contributed by atoms with Crippen LogP contribution in [-0.4, -0.2) is 30.1 Å². The zero-order valence-electron chi connectivity index (χ0n) is 11.9. The maximum Gasteiger partial charge on any atom is 0.0472 e. The van der Waals surface area contributed by atoms with Crippen molar-refractivity contribution in [1.29, 1.82) is 0 Å². The minimum absolute atomic E-state index is 0.187. The maximum absolute atomic E-state index is 3.66. The van der Waals surface area contributed by atoms with Crippen molar-refractivity contribution in [1.82, 2.24) is 10.2 Å². The van der Waals surface area contributed by atoms with Gasteiger partial charge in [0.25, 0.3) is 0 Å². The molecule has 0 spiro atoms. The van der Waals surface area contributed by atoms with Gasteiger partial charge in [0, 0.05) is 18.1 Å². The van der Waals surface area contributed by atoms with E-state index in [4.69, 9.17) is 0 Å². The van der Waals surface area contributed by atoms with E-state index in [9.17, 15) is 0 Å². The Labute approximate surface area is 111 Å². The fourth-order valence-electron chi connectivity index (χ4n) is 2.59. The van der Waals surface area contributed by atoms with Crippen LogP contribution >= 0.6 is 0 Å². The van der Waals surface area contributed by atoms with Crippen LogP contribution < -0.4 is 5.32 Å². The molecule has 2 nitrogen and oxygen atoms in total. The van der Waals surface area contributed by atoms with Crippen molar-refractivity contribution in [3.63, 3.8) is 0 Å². The quantitative estimate of drug-likeness (QED) is 0.877. The normalized spacial score (nSPS) is 19.1. The van der Waals surface area contributed by atoms with Crippen molar-refractivity contribution < 1.29 is 0 Å². The lowest BCUT2D eigenvalue weighted by Crippen LogP contribution is -2.42. The molecule has 1 aliphatic rings. The number of hydrogen-bond donors (Lipinski definition) is 1. The molecule has 1 heterocycles. The van der Waals surface area contributed by atoms with Crippen molar-refractivity contribution in [3.05, 3.63) is 35.9 Å². The third-order valence-electron chi connectivity index (χ3n) is 3.59. The predicted molar refractivity (Wildman–Crippen MR) is 77.7 cm³/mol. The lowest BCUT2D eigenvalue weighted by molar-refractivity contribution is 0.224. The maximum atomic E-state index is 3.66. The molecule has 1 saturated heterocycles. The van der Waals surface area contributed by atoms with E-state index in [2.05, 4.69) is 61.3 Å². The molecule has 0 aromatic heterocycles. The predicted octanol–water partition coefficient (Wildman–Crippen LogP) is 3.21. The Hall–Kier alpha value is -0.860. The summed E-state index contributed by atoms with van der Waals surface area (Å²) in [6.07, 6.45) is 2.69. The Morgan fingerprint density at radius 3 is 2.28 bits per heavy atom. The molecule has 0 bridgehead atoms. The molecular weight excluding hydrogens is 220 g/mol. The molecule has 1 N–H and O–H groups in total. The second kappa shape index (κ2) is 5.85. The molecule has 1 aromatic carbocycles. The molecule has 0 saturated carbocycles. The number of nitrogens with zero attached hydrogens (tertiary/aromatic N) is 1. The molecule has 2 heteroatoms. The van der Waals surface area contributed by atoms with Crippen LogP contribution in [-0.2, 0) is 0 Å². The molecule has 1 atom stereocenters. The highest BCUT2D eigenvalue weighted by molar-refractivity contribution is 5.19. The third-order valence-corrected chi connectivity index (χ3v) is 3.59.